The van der Waals surface area contributed by atoms with Gasteiger partial charge in [0.05, 0.1) is 10.5 Å². The quantitative estimate of drug-likeness (QED) is 0.520. The number of aromatic nitrogens is 2. The molecule has 7 nitrogen and oxygen atoms in total. The van der Waals surface area contributed by atoms with Crippen LogP contribution in [0.2, 0.25) is 5.02 Å². The van der Waals surface area contributed by atoms with Gasteiger partial charge in [-0.3, -0.25) is 9.59 Å². The minimum Gasteiger partial charge on any atom is -0.340 e. The normalized spacial score (nSPS) is 16.8. The number of nitrogens with one attached hydrogen (secondary N) is 2. The van der Waals surface area contributed by atoms with Crippen molar-refractivity contribution in [2.24, 2.45) is 0 Å². The maximum Gasteiger partial charge on any atom is 0.273 e. The molecule has 2 amide bonds. The van der Waals surface area contributed by atoms with Gasteiger partial charge in [0.25, 0.3) is 11.5 Å². The average Bonchev–Trinajstić information content (AvgIpc) is 3.26. The lowest BCUT2D eigenvalue weighted by atomic mass is 10.1. The maximum atomic E-state index is 13.4. The zero-order valence-electron chi connectivity index (χ0n) is 16.5. The van der Waals surface area contributed by atoms with Gasteiger partial charge in [0.15, 0.2) is 0 Å². The zero-order chi connectivity index (χ0) is 22.8. The summed E-state index contributed by atoms with van der Waals surface area (Å²) in [5.74, 6) is -1.47. The smallest absolute Gasteiger partial charge is 0.273 e. The molecule has 11 heteroatoms. The highest BCUT2D eigenvalue weighted by Gasteiger charge is 2.36. The highest BCUT2D eigenvalue weighted by Crippen LogP contribution is 2.28. The number of carbonyl (C=O) groups excluding carboxylic acids is 2. The van der Waals surface area contributed by atoms with Crippen molar-refractivity contribution in [1.82, 2.24) is 14.9 Å². The standard InChI is InChI=1S/C21H17Cl2F2N5O2/c22-14-9-12(3-5-15(14)24)28-19-13-8-11(4-6-16(13)26-10-27-19)29-20(31)17-2-1-7-30(17)21(32)18(23)25/h3-6,8-10,17-18H,1-2,7H2,(H,29,31)(H,26,27,28)/t17-,18?/m1/s1. The molecule has 166 valence electrons. The number of hydrogen-bond acceptors (Lipinski definition) is 5. The van der Waals surface area contributed by atoms with Crippen LogP contribution in [0, 0.1) is 5.82 Å². The Labute approximate surface area is 191 Å². The number of nitrogens with zero attached hydrogens (tertiary/aromatic N) is 3. The van der Waals surface area contributed by atoms with Crippen molar-refractivity contribution in [2.75, 3.05) is 17.2 Å². The minimum absolute atomic E-state index is 0.0376. The third-order valence-corrected chi connectivity index (χ3v) is 5.59. The lowest BCUT2D eigenvalue weighted by molar-refractivity contribution is -0.138. The lowest BCUT2D eigenvalue weighted by Crippen LogP contribution is -2.45. The second kappa shape index (κ2) is 9.22. The van der Waals surface area contributed by atoms with Gasteiger partial charge in [-0.15, -0.1) is 0 Å². The van der Waals surface area contributed by atoms with Crippen LogP contribution in [0.15, 0.2) is 42.7 Å². The molecule has 1 saturated heterocycles. The van der Waals surface area contributed by atoms with Crippen LogP contribution in [-0.2, 0) is 9.59 Å². The number of hydrogen-bond donors (Lipinski definition) is 2. The summed E-state index contributed by atoms with van der Waals surface area (Å²) in [4.78, 5) is 34.3. The van der Waals surface area contributed by atoms with Crippen LogP contribution in [0.25, 0.3) is 10.9 Å². The van der Waals surface area contributed by atoms with E-state index in [0.717, 1.165) is 4.90 Å². The van der Waals surface area contributed by atoms with Crippen LogP contribution in [0.3, 0.4) is 0 Å². The number of rotatable bonds is 5. The summed E-state index contributed by atoms with van der Waals surface area (Å²) >= 11 is 11.1. The van der Waals surface area contributed by atoms with Crippen LogP contribution in [0.4, 0.5) is 26.0 Å². The highest BCUT2D eigenvalue weighted by atomic mass is 35.5. The molecule has 0 spiro atoms. The summed E-state index contributed by atoms with van der Waals surface area (Å²) < 4.78 is 26.7. The van der Waals surface area contributed by atoms with Crippen molar-refractivity contribution in [1.29, 1.82) is 0 Å². The summed E-state index contributed by atoms with van der Waals surface area (Å²) in [6, 6.07) is 8.40. The molecule has 4 rings (SSSR count). The summed E-state index contributed by atoms with van der Waals surface area (Å²) in [7, 11) is 0. The molecular formula is C21H17Cl2F2N5O2. The van der Waals surface area contributed by atoms with Crippen molar-refractivity contribution >= 4 is 63.1 Å². The Balaban J connectivity index is 1.57. The van der Waals surface area contributed by atoms with Crippen molar-refractivity contribution in [3.8, 4) is 0 Å². The third kappa shape index (κ3) is 4.58. The minimum atomic E-state index is -2.19. The first-order valence-electron chi connectivity index (χ1n) is 9.70. The van der Waals surface area contributed by atoms with Crippen molar-refractivity contribution < 1.29 is 18.4 Å². The van der Waals surface area contributed by atoms with Crippen LogP contribution in [0.5, 0.6) is 0 Å². The predicted molar refractivity (Wildman–Crippen MR) is 118 cm³/mol. The van der Waals surface area contributed by atoms with E-state index < -0.39 is 29.3 Å². The first-order valence-corrected chi connectivity index (χ1v) is 10.5. The van der Waals surface area contributed by atoms with Gasteiger partial charge in [0.1, 0.15) is 24.0 Å². The molecule has 0 bridgehead atoms. The number of anilines is 3. The average molecular weight is 480 g/mol. The van der Waals surface area contributed by atoms with E-state index in [1.54, 1.807) is 18.2 Å². The fraction of sp³-hybridized carbons (Fsp3) is 0.238. The Bertz CT molecular complexity index is 1190. The molecule has 1 unspecified atom stereocenters. The van der Waals surface area contributed by atoms with Crippen LogP contribution in [0.1, 0.15) is 12.8 Å². The number of carbonyl (C=O) groups is 2. The molecule has 2 N–H and O–H groups in total. The Kier molecular flexibility index (Phi) is 6.38. The van der Waals surface area contributed by atoms with E-state index in [1.165, 1.54) is 24.5 Å². The van der Waals surface area contributed by atoms with Gasteiger partial charge < -0.3 is 15.5 Å². The number of halogens is 4. The van der Waals surface area contributed by atoms with Crippen molar-refractivity contribution in [3.63, 3.8) is 0 Å². The molecule has 32 heavy (non-hydrogen) atoms. The second-order valence-corrected chi connectivity index (χ2v) is 7.98. The molecule has 1 aromatic heterocycles. The third-order valence-electron chi connectivity index (χ3n) is 5.11. The van der Waals surface area contributed by atoms with Gasteiger partial charge in [-0.2, -0.15) is 0 Å². The molecule has 2 atom stereocenters. The first kappa shape index (κ1) is 22.2. The Morgan fingerprint density at radius 3 is 2.69 bits per heavy atom. The zero-order valence-corrected chi connectivity index (χ0v) is 18.0. The molecule has 1 fully saturated rings. The van der Waals surface area contributed by atoms with Gasteiger partial charge in [0.2, 0.25) is 5.91 Å². The van der Waals surface area contributed by atoms with E-state index in [0.29, 0.717) is 40.9 Å². The molecule has 2 heterocycles. The number of fused-ring (bicyclic) bond motifs is 1. The number of likely N-dealkylation sites (tertiary alicyclic amines) is 1. The van der Waals surface area contributed by atoms with E-state index >= 15 is 0 Å². The predicted octanol–water partition coefficient (Wildman–Crippen LogP) is 4.63. The van der Waals surface area contributed by atoms with Gasteiger partial charge in [-0.05, 0) is 49.2 Å². The van der Waals surface area contributed by atoms with Crippen molar-refractivity contribution in [2.45, 2.75) is 24.5 Å². The highest BCUT2D eigenvalue weighted by molar-refractivity contribution is 6.31. The van der Waals surface area contributed by atoms with Crippen LogP contribution < -0.4 is 10.6 Å². The Morgan fingerprint density at radius 2 is 1.94 bits per heavy atom. The number of alkyl halides is 2. The fourth-order valence-corrected chi connectivity index (χ4v) is 3.90. The SMILES string of the molecule is O=C(Nc1ccc2ncnc(Nc3ccc(F)c(Cl)c3)c2c1)[C@H]1CCCN1C(=O)C(F)Cl. The molecule has 0 aliphatic carbocycles. The first-order chi connectivity index (χ1) is 15.3. The van der Waals surface area contributed by atoms with E-state index in [9.17, 15) is 18.4 Å². The Morgan fingerprint density at radius 1 is 1.16 bits per heavy atom. The van der Waals surface area contributed by atoms with Crippen LogP contribution >= 0.6 is 23.2 Å². The number of amides is 2. The summed E-state index contributed by atoms with van der Waals surface area (Å²) in [6.45, 7) is 0.268. The summed E-state index contributed by atoms with van der Waals surface area (Å²) in [6.07, 6.45) is 2.36. The summed E-state index contributed by atoms with van der Waals surface area (Å²) in [5.41, 5.74) is -0.615. The molecule has 2 aromatic carbocycles. The van der Waals surface area contributed by atoms with Gasteiger partial charge in [-0.1, -0.05) is 23.2 Å². The molecule has 1 aliphatic rings. The monoisotopic (exact) mass is 479 g/mol. The maximum absolute atomic E-state index is 13.4. The summed E-state index contributed by atoms with van der Waals surface area (Å²) in [5, 5.41) is 6.37. The van der Waals surface area contributed by atoms with Gasteiger partial charge in [-0.25, -0.2) is 18.7 Å². The van der Waals surface area contributed by atoms with E-state index in [-0.39, 0.29) is 11.6 Å². The van der Waals surface area contributed by atoms with Crippen LogP contribution in [-0.4, -0.2) is 44.9 Å². The van der Waals surface area contributed by atoms with Gasteiger partial charge in [0, 0.05) is 23.3 Å². The van der Waals surface area contributed by atoms with E-state index in [2.05, 4.69) is 20.6 Å². The number of benzene rings is 2. The Hall–Kier alpha value is -3.04. The topological polar surface area (TPSA) is 87.2 Å². The molecule has 3 aromatic rings. The second-order valence-electron chi connectivity index (χ2n) is 7.19. The lowest BCUT2D eigenvalue weighted by Gasteiger charge is -2.24. The molecular weight excluding hydrogens is 463 g/mol. The van der Waals surface area contributed by atoms with Gasteiger partial charge >= 0.3 is 0 Å². The molecule has 0 saturated carbocycles. The van der Waals surface area contributed by atoms with E-state index in [4.69, 9.17) is 23.2 Å². The van der Waals surface area contributed by atoms with Crippen molar-refractivity contribution in [3.05, 3.63) is 53.6 Å². The fourth-order valence-electron chi connectivity index (χ4n) is 3.60. The molecule has 1 aliphatic heterocycles. The molecule has 0 radical (unpaired) electrons. The van der Waals surface area contributed by atoms with E-state index in [1.807, 2.05) is 0 Å². The largest absolute Gasteiger partial charge is 0.340 e.